The first kappa shape index (κ1) is 27.9. The zero-order valence-corrected chi connectivity index (χ0v) is 21.7. The van der Waals surface area contributed by atoms with Gasteiger partial charge in [0.25, 0.3) is 0 Å². The van der Waals surface area contributed by atoms with Crippen molar-refractivity contribution in [1.29, 1.82) is 0 Å². The van der Waals surface area contributed by atoms with Gasteiger partial charge in [0.2, 0.25) is 0 Å². The van der Waals surface area contributed by atoms with Gasteiger partial charge >= 0.3 is 12.6 Å². The third-order valence-electron chi connectivity index (χ3n) is 5.78. The second-order valence-electron chi connectivity index (χ2n) is 8.79. The first-order valence-electron chi connectivity index (χ1n) is 11.9. The number of ether oxygens (including phenoxy) is 4. The highest BCUT2D eigenvalue weighted by atomic mass is 35.5. The molecule has 0 bridgehead atoms. The number of rotatable bonds is 13. The third-order valence-corrected chi connectivity index (χ3v) is 6.43. The number of nitrogens with zero attached hydrogens (tertiary/aromatic N) is 1. The SMILES string of the molecule is O=C(COCc1ccccc1)O[C@@H](Cc1c(Cl)c[n+]([O-])cc1Cl)c1ccc(OC(F)F)c(OCC2CC2)c1. The highest BCUT2D eigenvalue weighted by Gasteiger charge is 2.26. The lowest BCUT2D eigenvalue weighted by Crippen LogP contribution is -2.26. The molecule has 11 heteroatoms. The van der Waals surface area contributed by atoms with Crippen LogP contribution in [0, 0.1) is 11.1 Å². The highest BCUT2D eigenvalue weighted by molar-refractivity contribution is 6.35. The van der Waals surface area contributed by atoms with Gasteiger partial charge in [-0.2, -0.15) is 13.5 Å². The summed E-state index contributed by atoms with van der Waals surface area (Å²) in [5.74, 6) is -0.349. The largest absolute Gasteiger partial charge is 0.619 e. The number of pyridine rings is 1. The topological polar surface area (TPSA) is 80.9 Å². The Hall–Kier alpha value is -3.14. The predicted molar refractivity (Wildman–Crippen MR) is 135 cm³/mol. The maximum atomic E-state index is 13.0. The van der Waals surface area contributed by atoms with E-state index < -0.39 is 18.7 Å². The first-order chi connectivity index (χ1) is 18.3. The van der Waals surface area contributed by atoms with Crippen LogP contribution in [0.2, 0.25) is 10.0 Å². The van der Waals surface area contributed by atoms with Gasteiger partial charge in [-0.25, -0.2) is 4.79 Å². The maximum Gasteiger partial charge on any atom is 0.387 e. The van der Waals surface area contributed by atoms with E-state index in [1.165, 1.54) is 18.2 Å². The molecule has 1 heterocycles. The van der Waals surface area contributed by atoms with Crippen molar-refractivity contribution >= 4 is 29.2 Å². The first-order valence-corrected chi connectivity index (χ1v) is 12.6. The minimum atomic E-state index is -3.04. The average Bonchev–Trinajstić information content (AvgIpc) is 3.70. The Kier molecular flexibility index (Phi) is 9.60. The number of hydrogen-bond acceptors (Lipinski definition) is 6. The molecule has 1 saturated carbocycles. The van der Waals surface area contributed by atoms with Crippen molar-refractivity contribution in [3.63, 3.8) is 0 Å². The minimum absolute atomic E-state index is 0.0000476. The van der Waals surface area contributed by atoms with E-state index in [2.05, 4.69) is 4.74 Å². The molecule has 1 atom stereocenters. The van der Waals surface area contributed by atoms with Gasteiger partial charge in [0.15, 0.2) is 23.9 Å². The molecule has 1 aliphatic rings. The number of benzene rings is 2. The number of hydrogen-bond donors (Lipinski definition) is 0. The number of alkyl halides is 2. The lowest BCUT2D eigenvalue weighted by atomic mass is 10.0. The molecule has 1 aliphatic carbocycles. The van der Waals surface area contributed by atoms with Crippen LogP contribution in [0.25, 0.3) is 0 Å². The number of carbonyl (C=O) groups excluding carboxylic acids is 1. The summed E-state index contributed by atoms with van der Waals surface area (Å²) < 4.78 is 48.0. The van der Waals surface area contributed by atoms with Gasteiger partial charge in [-0.15, -0.1) is 0 Å². The summed E-state index contributed by atoms with van der Waals surface area (Å²) in [6.07, 6.45) is 3.31. The van der Waals surface area contributed by atoms with Crippen LogP contribution in [0.5, 0.6) is 11.5 Å². The van der Waals surface area contributed by atoms with E-state index in [0.717, 1.165) is 30.8 Å². The summed E-state index contributed by atoms with van der Waals surface area (Å²) in [7, 11) is 0. The molecule has 2 aromatic carbocycles. The maximum absolute atomic E-state index is 13.0. The Balaban J connectivity index is 1.56. The van der Waals surface area contributed by atoms with Gasteiger partial charge in [-0.05, 0) is 42.0 Å². The summed E-state index contributed by atoms with van der Waals surface area (Å²) in [5, 5.41) is 11.8. The molecule has 0 amide bonds. The van der Waals surface area contributed by atoms with Crippen molar-refractivity contribution in [2.24, 2.45) is 5.92 Å². The number of halogens is 4. The predicted octanol–water partition coefficient (Wildman–Crippen LogP) is 6.06. The van der Waals surface area contributed by atoms with E-state index in [1.807, 2.05) is 30.3 Å². The molecule has 0 spiro atoms. The fourth-order valence-corrected chi connectivity index (χ4v) is 4.28. The van der Waals surface area contributed by atoms with Gasteiger partial charge in [0, 0.05) is 12.0 Å². The summed E-state index contributed by atoms with van der Waals surface area (Å²) >= 11 is 12.5. The van der Waals surface area contributed by atoms with E-state index in [0.29, 0.717) is 28.4 Å². The Morgan fingerprint density at radius 3 is 2.42 bits per heavy atom. The van der Waals surface area contributed by atoms with Gasteiger partial charge in [-0.1, -0.05) is 59.6 Å². The zero-order chi connectivity index (χ0) is 27.1. The molecule has 4 rings (SSSR count). The van der Waals surface area contributed by atoms with Crippen LogP contribution in [0.1, 0.15) is 35.6 Å². The van der Waals surface area contributed by atoms with Crippen LogP contribution in [0.4, 0.5) is 8.78 Å². The average molecular weight is 568 g/mol. The molecule has 0 radical (unpaired) electrons. The van der Waals surface area contributed by atoms with E-state index in [9.17, 15) is 18.8 Å². The Bertz CT molecular complexity index is 1220. The fourth-order valence-electron chi connectivity index (χ4n) is 3.68. The Morgan fingerprint density at radius 2 is 1.76 bits per heavy atom. The lowest BCUT2D eigenvalue weighted by Gasteiger charge is -2.21. The van der Waals surface area contributed by atoms with E-state index in [4.69, 9.17) is 37.4 Å². The van der Waals surface area contributed by atoms with Crippen LogP contribution in [-0.2, 0) is 27.3 Å². The Labute approximate surface area is 228 Å². The molecule has 3 aromatic rings. The number of carbonyl (C=O) groups is 1. The molecule has 0 aliphatic heterocycles. The fraction of sp³-hybridized carbons (Fsp3) is 0.333. The summed E-state index contributed by atoms with van der Waals surface area (Å²) in [4.78, 5) is 12.7. The molecule has 202 valence electrons. The van der Waals surface area contributed by atoms with Gasteiger partial charge in [0.05, 0.1) is 13.2 Å². The van der Waals surface area contributed by atoms with Gasteiger partial charge in [0.1, 0.15) is 22.8 Å². The molecular formula is C27H25Cl2F2NO6. The van der Waals surface area contributed by atoms with Crippen molar-refractivity contribution < 1.29 is 37.3 Å². The van der Waals surface area contributed by atoms with Crippen molar-refractivity contribution in [2.45, 2.75) is 38.6 Å². The number of aromatic nitrogens is 1. The zero-order valence-electron chi connectivity index (χ0n) is 20.2. The monoisotopic (exact) mass is 567 g/mol. The summed E-state index contributed by atoms with van der Waals surface area (Å²) in [6.45, 7) is -2.82. The Morgan fingerprint density at radius 1 is 1.05 bits per heavy atom. The molecule has 1 aromatic heterocycles. The molecule has 1 fully saturated rings. The normalized spacial score (nSPS) is 13.8. The van der Waals surface area contributed by atoms with E-state index >= 15 is 0 Å². The van der Waals surface area contributed by atoms with Crippen LogP contribution in [0.15, 0.2) is 60.9 Å². The van der Waals surface area contributed by atoms with Crippen molar-refractivity contribution in [2.75, 3.05) is 13.2 Å². The molecule has 0 saturated heterocycles. The van der Waals surface area contributed by atoms with Crippen molar-refractivity contribution in [1.82, 2.24) is 0 Å². The molecule has 38 heavy (non-hydrogen) atoms. The summed E-state index contributed by atoms with van der Waals surface area (Å²) in [6, 6.07) is 13.6. The van der Waals surface area contributed by atoms with Crippen molar-refractivity contribution in [3.05, 3.63) is 92.9 Å². The second-order valence-corrected chi connectivity index (χ2v) is 9.61. The molecule has 7 nitrogen and oxygen atoms in total. The quantitative estimate of drug-likeness (QED) is 0.142. The smallest absolute Gasteiger partial charge is 0.387 e. The second kappa shape index (κ2) is 13.1. The van der Waals surface area contributed by atoms with Crippen LogP contribution >= 0.6 is 23.2 Å². The van der Waals surface area contributed by atoms with Gasteiger partial charge in [-0.3, -0.25) is 0 Å². The van der Waals surface area contributed by atoms with Gasteiger partial charge < -0.3 is 24.2 Å². The van der Waals surface area contributed by atoms with E-state index in [-0.39, 0.29) is 41.2 Å². The van der Waals surface area contributed by atoms with Crippen LogP contribution in [0.3, 0.4) is 0 Å². The molecular weight excluding hydrogens is 543 g/mol. The minimum Gasteiger partial charge on any atom is -0.619 e. The highest BCUT2D eigenvalue weighted by Crippen LogP contribution is 2.37. The standard InChI is InChI=1S/C27H25Cl2F2NO6/c28-21-12-32(34)13-22(29)20(21)11-24(37-26(33)16-35-14-17-4-2-1-3-5-17)19-8-9-23(38-27(30)31)25(10-19)36-15-18-6-7-18/h1-5,8-10,12-13,18,24,27H,6-7,11,14-16H2/t24-/m0/s1. The van der Waals surface area contributed by atoms with Crippen LogP contribution < -0.4 is 14.2 Å². The lowest BCUT2D eigenvalue weighted by molar-refractivity contribution is -0.605. The third kappa shape index (κ3) is 8.18. The van der Waals surface area contributed by atoms with E-state index in [1.54, 1.807) is 0 Å². The number of esters is 1. The summed E-state index contributed by atoms with van der Waals surface area (Å²) in [5.41, 5.74) is 1.69. The van der Waals surface area contributed by atoms with Crippen molar-refractivity contribution in [3.8, 4) is 11.5 Å². The van der Waals surface area contributed by atoms with Crippen LogP contribution in [-0.4, -0.2) is 25.8 Å². The molecule has 0 unspecified atom stereocenters. The molecule has 0 N–H and O–H groups in total.